The molecule has 0 fully saturated rings. The summed E-state index contributed by atoms with van der Waals surface area (Å²) < 4.78 is 10.9. The molecule has 3 aromatic heterocycles. The summed E-state index contributed by atoms with van der Waals surface area (Å²) in [6.07, 6.45) is 0. The molecular weight excluding hydrogens is 478 g/mol. The smallest absolute Gasteiger partial charge is 0.307 e. The lowest BCUT2D eigenvalue weighted by molar-refractivity contribution is 0.574. The Labute approximate surface area is 222 Å². The molecular formula is C35H21N3O. The summed E-state index contributed by atoms with van der Waals surface area (Å²) >= 11 is 0. The molecule has 0 bridgehead atoms. The summed E-state index contributed by atoms with van der Waals surface area (Å²) in [4.78, 5) is 4.89. The number of benzene rings is 6. The molecule has 3 heterocycles. The predicted molar refractivity (Wildman–Crippen MR) is 160 cm³/mol. The number of hydrogen-bond donors (Lipinski definition) is 0. The van der Waals surface area contributed by atoms with Crippen molar-refractivity contribution in [2.75, 3.05) is 0 Å². The predicted octanol–water partition coefficient (Wildman–Crippen LogP) is 9.18. The first-order chi connectivity index (χ1) is 19.3. The summed E-state index contributed by atoms with van der Waals surface area (Å²) in [5.74, 6) is 0. The Morgan fingerprint density at radius 3 is 2.00 bits per heavy atom. The number of para-hydroxylation sites is 5. The van der Waals surface area contributed by atoms with E-state index in [9.17, 15) is 0 Å². The summed E-state index contributed by atoms with van der Waals surface area (Å²) in [6.45, 7) is 0. The molecule has 9 aromatic rings. The van der Waals surface area contributed by atoms with Gasteiger partial charge < -0.3 is 8.98 Å². The van der Waals surface area contributed by atoms with Gasteiger partial charge in [0.05, 0.1) is 22.1 Å². The van der Waals surface area contributed by atoms with E-state index in [1.807, 2.05) is 24.3 Å². The molecule has 0 N–H and O–H groups in total. The van der Waals surface area contributed by atoms with E-state index < -0.39 is 0 Å². The van der Waals surface area contributed by atoms with E-state index in [0.29, 0.717) is 6.01 Å². The van der Waals surface area contributed by atoms with Gasteiger partial charge in [-0.25, -0.2) is 0 Å². The Balaban J connectivity index is 1.48. The Hall–Kier alpha value is -5.35. The lowest BCUT2D eigenvalue weighted by Crippen LogP contribution is -1.95. The molecule has 0 aliphatic carbocycles. The van der Waals surface area contributed by atoms with Crippen molar-refractivity contribution in [2.24, 2.45) is 0 Å². The molecule has 9 rings (SSSR count). The van der Waals surface area contributed by atoms with Crippen molar-refractivity contribution < 1.29 is 4.42 Å². The van der Waals surface area contributed by atoms with Crippen molar-refractivity contribution in [1.82, 2.24) is 14.1 Å². The molecule has 0 spiro atoms. The summed E-state index contributed by atoms with van der Waals surface area (Å²) in [6, 6.07) is 45.5. The van der Waals surface area contributed by atoms with Crippen LogP contribution in [-0.4, -0.2) is 14.1 Å². The zero-order valence-electron chi connectivity index (χ0n) is 20.9. The van der Waals surface area contributed by atoms with E-state index in [-0.39, 0.29) is 0 Å². The van der Waals surface area contributed by atoms with Gasteiger partial charge >= 0.3 is 6.01 Å². The van der Waals surface area contributed by atoms with Gasteiger partial charge in [-0.1, -0.05) is 78.9 Å². The van der Waals surface area contributed by atoms with Gasteiger partial charge in [-0.2, -0.15) is 4.98 Å². The second-order valence-electron chi connectivity index (χ2n) is 10.1. The van der Waals surface area contributed by atoms with Crippen LogP contribution >= 0.6 is 0 Å². The van der Waals surface area contributed by atoms with E-state index in [0.717, 1.165) is 27.8 Å². The number of nitrogens with zero attached hydrogens (tertiary/aromatic N) is 3. The Kier molecular flexibility index (Phi) is 4.02. The summed E-state index contributed by atoms with van der Waals surface area (Å²) in [7, 11) is 0. The Bertz CT molecular complexity index is 2360. The average molecular weight is 500 g/mol. The highest BCUT2D eigenvalue weighted by Gasteiger charge is 2.20. The first-order valence-electron chi connectivity index (χ1n) is 13.2. The van der Waals surface area contributed by atoms with Crippen molar-refractivity contribution >= 4 is 65.5 Å². The summed E-state index contributed by atoms with van der Waals surface area (Å²) in [5.41, 5.74) is 7.34. The van der Waals surface area contributed by atoms with E-state index >= 15 is 0 Å². The zero-order chi connectivity index (χ0) is 25.5. The van der Waals surface area contributed by atoms with Crippen LogP contribution in [0.25, 0.3) is 77.2 Å². The molecule has 0 radical (unpaired) electrons. The number of fused-ring (bicyclic) bond motifs is 9. The fourth-order valence-electron chi connectivity index (χ4n) is 6.25. The van der Waals surface area contributed by atoms with Gasteiger partial charge in [-0.3, -0.25) is 4.57 Å². The standard InChI is InChI=1S/C35H21N3O/c1-2-10-23(11-3-1)37-30-15-7-4-12-24(30)26-19-18-22-20-28-25-13-5-8-16-31(25)38(32(28)21-27(22)34(26)37)35-36-29-14-6-9-17-33(29)39-35/h1-21H. The molecule has 4 nitrogen and oxygen atoms in total. The highest BCUT2D eigenvalue weighted by Crippen LogP contribution is 2.40. The second kappa shape index (κ2) is 7.59. The van der Waals surface area contributed by atoms with Crippen molar-refractivity contribution in [3.8, 4) is 11.7 Å². The van der Waals surface area contributed by atoms with Gasteiger partial charge in [0, 0.05) is 32.6 Å². The topological polar surface area (TPSA) is 35.9 Å². The fourth-order valence-corrected chi connectivity index (χ4v) is 6.25. The van der Waals surface area contributed by atoms with E-state index in [1.54, 1.807) is 0 Å². The maximum Gasteiger partial charge on any atom is 0.307 e. The van der Waals surface area contributed by atoms with Crippen LogP contribution in [0.5, 0.6) is 0 Å². The first kappa shape index (κ1) is 20.7. The van der Waals surface area contributed by atoms with Gasteiger partial charge in [0.1, 0.15) is 5.52 Å². The normalized spacial score (nSPS) is 12.1. The monoisotopic (exact) mass is 499 g/mol. The van der Waals surface area contributed by atoms with Crippen LogP contribution in [0.3, 0.4) is 0 Å². The van der Waals surface area contributed by atoms with Gasteiger partial charge in [0.25, 0.3) is 0 Å². The van der Waals surface area contributed by atoms with Crippen molar-refractivity contribution in [3.63, 3.8) is 0 Å². The molecule has 0 unspecified atom stereocenters. The summed E-state index contributed by atoms with van der Waals surface area (Å²) in [5, 5.41) is 7.25. The van der Waals surface area contributed by atoms with Crippen LogP contribution in [0.2, 0.25) is 0 Å². The molecule has 0 aliphatic rings. The van der Waals surface area contributed by atoms with Crippen molar-refractivity contribution in [1.29, 1.82) is 0 Å². The second-order valence-corrected chi connectivity index (χ2v) is 10.1. The third-order valence-electron chi connectivity index (χ3n) is 7.93. The molecule has 4 heteroatoms. The van der Waals surface area contributed by atoms with Crippen LogP contribution in [0, 0.1) is 0 Å². The van der Waals surface area contributed by atoms with Crippen molar-refractivity contribution in [3.05, 3.63) is 127 Å². The third kappa shape index (κ3) is 2.80. The lowest BCUT2D eigenvalue weighted by atomic mass is 10.0. The van der Waals surface area contributed by atoms with Crippen molar-refractivity contribution in [2.45, 2.75) is 0 Å². The molecule has 0 atom stereocenters. The quantitative estimate of drug-likeness (QED) is 0.238. The molecule has 0 saturated heterocycles. The maximum absolute atomic E-state index is 6.32. The minimum Gasteiger partial charge on any atom is -0.423 e. The van der Waals surface area contributed by atoms with Crippen LogP contribution < -0.4 is 0 Å². The molecule has 39 heavy (non-hydrogen) atoms. The highest BCUT2D eigenvalue weighted by molar-refractivity contribution is 6.22. The number of hydrogen-bond acceptors (Lipinski definition) is 2. The average Bonchev–Trinajstić information content (AvgIpc) is 3.66. The molecule has 0 aliphatic heterocycles. The van der Waals surface area contributed by atoms with Crippen LogP contribution in [0.4, 0.5) is 0 Å². The third-order valence-corrected chi connectivity index (χ3v) is 7.93. The highest BCUT2D eigenvalue weighted by atomic mass is 16.4. The van der Waals surface area contributed by atoms with Crippen LogP contribution in [0.1, 0.15) is 0 Å². The van der Waals surface area contributed by atoms with Gasteiger partial charge in [-0.15, -0.1) is 0 Å². The molecule has 6 aromatic carbocycles. The van der Waals surface area contributed by atoms with E-state index in [2.05, 4.69) is 112 Å². The van der Waals surface area contributed by atoms with E-state index in [4.69, 9.17) is 9.40 Å². The maximum atomic E-state index is 6.32. The number of aromatic nitrogens is 3. The SMILES string of the molecule is c1ccc(-n2c3ccccc3c3ccc4cc5c6ccccc6n(-c6nc7ccccc7o6)c5cc4c32)cc1. The van der Waals surface area contributed by atoms with Crippen LogP contribution in [0.15, 0.2) is 132 Å². The number of rotatable bonds is 2. The fraction of sp³-hybridized carbons (Fsp3) is 0. The molecule has 0 saturated carbocycles. The minimum absolute atomic E-state index is 0.581. The Morgan fingerprint density at radius 2 is 1.18 bits per heavy atom. The van der Waals surface area contributed by atoms with Crippen LogP contribution in [-0.2, 0) is 0 Å². The van der Waals surface area contributed by atoms with E-state index in [1.165, 1.54) is 43.4 Å². The number of oxazole rings is 1. The van der Waals surface area contributed by atoms with Gasteiger partial charge in [0.15, 0.2) is 5.58 Å². The molecule has 182 valence electrons. The molecule has 0 amide bonds. The lowest BCUT2D eigenvalue weighted by Gasteiger charge is -2.10. The first-order valence-corrected chi connectivity index (χ1v) is 13.2. The van der Waals surface area contributed by atoms with Gasteiger partial charge in [-0.05, 0) is 53.9 Å². The Morgan fingerprint density at radius 1 is 0.487 bits per heavy atom. The zero-order valence-corrected chi connectivity index (χ0v) is 20.9. The largest absolute Gasteiger partial charge is 0.423 e. The minimum atomic E-state index is 0.581. The van der Waals surface area contributed by atoms with Gasteiger partial charge in [0.2, 0.25) is 0 Å².